The third-order valence-electron chi connectivity index (χ3n) is 4.20. The first-order valence-electron chi connectivity index (χ1n) is 6.46. The van der Waals surface area contributed by atoms with Crippen LogP contribution in [0.5, 0.6) is 0 Å². The summed E-state index contributed by atoms with van der Waals surface area (Å²) < 4.78 is 13.6. The van der Waals surface area contributed by atoms with Crippen LogP contribution in [-0.4, -0.2) is 25.7 Å². The molecule has 1 aromatic carbocycles. The van der Waals surface area contributed by atoms with E-state index in [1.54, 1.807) is 6.07 Å². The Kier molecular flexibility index (Phi) is 2.79. The summed E-state index contributed by atoms with van der Waals surface area (Å²) in [6, 6.07) is 8.41. The first kappa shape index (κ1) is 11.0. The predicted octanol–water partition coefficient (Wildman–Crippen LogP) is 2.40. The lowest BCUT2D eigenvalue weighted by molar-refractivity contribution is 0.408. The third kappa shape index (κ3) is 2.04. The van der Waals surface area contributed by atoms with Gasteiger partial charge in [-0.25, -0.2) is 4.39 Å². The molecule has 2 heterocycles. The van der Waals surface area contributed by atoms with Crippen molar-refractivity contribution >= 4 is 5.69 Å². The highest BCUT2D eigenvalue weighted by Gasteiger charge is 2.39. The average Bonchev–Trinajstić information content (AvgIpc) is 2.91. The summed E-state index contributed by atoms with van der Waals surface area (Å²) in [5.41, 5.74) is 0.718. The van der Waals surface area contributed by atoms with Crippen LogP contribution in [0.3, 0.4) is 0 Å². The standard InChI is InChI=1S/C14H19FN2/c1-17(14-5-3-2-4-12(14)15)9-10-8-11-6-7-13(10)16-11/h2-5,10-11,13,16H,6-9H2,1H3. The van der Waals surface area contributed by atoms with Gasteiger partial charge in [-0.05, 0) is 37.3 Å². The predicted molar refractivity (Wildman–Crippen MR) is 67.7 cm³/mol. The Morgan fingerprint density at radius 1 is 1.35 bits per heavy atom. The second-order valence-corrected chi connectivity index (χ2v) is 5.38. The molecule has 2 saturated heterocycles. The second kappa shape index (κ2) is 4.30. The van der Waals surface area contributed by atoms with Crippen LogP contribution in [-0.2, 0) is 0 Å². The van der Waals surface area contributed by atoms with Gasteiger partial charge >= 0.3 is 0 Å². The number of anilines is 1. The van der Waals surface area contributed by atoms with E-state index in [-0.39, 0.29) is 5.82 Å². The molecule has 1 aromatic rings. The van der Waals surface area contributed by atoms with Crippen molar-refractivity contribution in [2.45, 2.75) is 31.3 Å². The van der Waals surface area contributed by atoms with Crippen LogP contribution in [0.15, 0.2) is 24.3 Å². The molecule has 0 radical (unpaired) electrons. The molecule has 2 fully saturated rings. The van der Waals surface area contributed by atoms with Gasteiger partial charge in [0.05, 0.1) is 5.69 Å². The molecule has 2 nitrogen and oxygen atoms in total. The number of nitrogens with one attached hydrogen (secondary N) is 1. The van der Waals surface area contributed by atoms with Crippen LogP contribution in [0.2, 0.25) is 0 Å². The molecular formula is C14H19FN2. The summed E-state index contributed by atoms with van der Waals surface area (Å²) in [4.78, 5) is 2.06. The van der Waals surface area contributed by atoms with Crippen LogP contribution in [0.1, 0.15) is 19.3 Å². The molecule has 0 saturated carbocycles. The summed E-state index contributed by atoms with van der Waals surface area (Å²) in [6.45, 7) is 0.953. The summed E-state index contributed by atoms with van der Waals surface area (Å²) in [7, 11) is 1.99. The van der Waals surface area contributed by atoms with Crippen molar-refractivity contribution in [2.24, 2.45) is 5.92 Å². The SMILES string of the molecule is CN(CC1CC2CCC1N2)c1ccccc1F. The Hall–Kier alpha value is -1.09. The highest BCUT2D eigenvalue weighted by molar-refractivity contribution is 5.46. The van der Waals surface area contributed by atoms with Gasteiger partial charge in [0.25, 0.3) is 0 Å². The molecule has 0 amide bonds. The monoisotopic (exact) mass is 234 g/mol. The maximum atomic E-state index is 13.6. The van der Waals surface area contributed by atoms with Crippen molar-refractivity contribution < 1.29 is 4.39 Å². The van der Waals surface area contributed by atoms with Crippen molar-refractivity contribution in [3.8, 4) is 0 Å². The van der Waals surface area contributed by atoms with Gasteiger partial charge in [-0.2, -0.15) is 0 Å². The third-order valence-corrected chi connectivity index (χ3v) is 4.20. The Balaban J connectivity index is 1.68. The van der Waals surface area contributed by atoms with E-state index >= 15 is 0 Å². The average molecular weight is 234 g/mol. The Labute approximate surface area is 102 Å². The Morgan fingerprint density at radius 3 is 2.82 bits per heavy atom. The smallest absolute Gasteiger partial charge is 0.146 e. The van der Waals surface area contributed by atoms with E-state index in [0.29, 0.717) is 12.0 Å². The van der Waals surface area contributed by atoms with E-state index in [4.69, 9.17) is 0 Å². The summed E-state index contributed by atoms with van der Waals surface area (Å²) in [5.74, 6) is 0.560. The molecule has 3 atom stereocenters. The molecule has 92 valence electrons. The highest BCUT2D eigenvalue weighted by atomic mass is 19.1. The van der Waals surface area contributed by atoms with Crippen LogP contribution in [0.4, 0.5) is 10.1 Å². The molecule has 1 N–H and O–H groups in total. The topological polar surface area (TPSA) is 15.3 Å². The zero-order valence-corrected chi connectivity index (χ0v) is 10.2. The first-order valence-corrected chi connectivity index (χ1v) is 6.46. The molecule has 2 aliphatic heterocycles. The number of halogens is 1. The Morgan fingerprint density at radius 2 is 2.18 bits per heavy atom. The van der Waals surface area contributed by atoms with E-state index in [9.17, 15) is 4.39 Å². The number of benzene rings is 1. The van der Waals surface area contributed by atoms with Gasteiger partial charge in [0.1, 0.15) is 5.82 Å². The van der Waals surface area contributed by atoms with Crippen LogP contribution >= 0.6 is 0 Å². The summed E-state index contributed by atoms with van der Waals surface area (Å²) >= 11 is 0. The van der Waals surface area contributed by atoms with Gasteiger partial charge in [-0.3, -0.25) is 0 Å². The lowest BCUT2D eigenvalue weighted by Crippen LogP contribution is -2.33. The first-order chi connectivity index (χ1) is 8.24. The quantitative estimate of drug-likeness (QED) is 0.864. The van der Waals surface area contributed by atoms with Gasteiger partial charge in [0.2, 0.25) is 0 Å². The number of nitrogens with zero attached hydrogens (tertiary/aromatic N) is 1. The van der Waals surface area contributed by atoms with Crippen molar-refractivity contribution in [3.05, 3.63) is 30.1 Å². The van der Waals surface area contributed by atoms with Crippen LogP contribution < -0.4 is 10.2 Å². The maximum absolute atomic E-state index is 13.6. The molecule has 2 aliphatic rings. The molecule has 3 rings (SSSR count). The molecule has 0 aromatic heterocycles. The lowest BCUT2D eigenvalue weighted by Gasteiger charge is -2.27. The molecule has 0 aliphatic carbocycles. The normalized spacial score (nSPS) is 30.8. The molecule has 0 spiro atoms. The van der Waals surface area contributed by atoms with Gasteiger partial charge in [-0.1, -0.05) is 12.1 Å². The fourth-order valence-electron chi connectivity index (χ4n) is 3.35. The largest absolute Gasteiger partial charge is 0.372 e. The summed E-state index contributed by atoms with van der Waals surface area (Å²) in [5, 5.41) is 3.63. The summed E-state index contributed by atoms with van der Waals surface area (Å²) in [6.07, 6.45) is 3.87. The van der Waals surface area contributed by atoms with Crippen molar-refractivity contribution in [2.75, 3.05) is 18.5 Å². The number of fused-ring (bicyclic) bond motifs is 2. The van der Waals surface area contributed by atoms with E-state index in [1.807, 2.05) is 19.2 Å². The molecule has 17 heavy (non-hydrogen) atoms. The highest BCUT2D eigenvalue weighted by Crippen LogP contribution is 2.34. The second-order valence-electron chi connectivity index (χ2n) is 5.38. The minimum atomic E-state index is -0.119. The maximum Gasteiger partial charge on any atom is 0.146 e. The van der Waals surface area contributed by atoms with Crippen LogP contribution in [0, 0.1) is 11.7 Å². The van der Waals surface area contributed by atoms with Crippen molar-refractivity contribution in [1.82, 2.24) is 5.32 Å². The van der Waals surface area contributed by atoms with E-state index in [0.717, 1.165) is 18.3 Å². The fraction of sp³-hybridized carbons (Fsp3) is 0.571. The zero-order chi connectivity index (χ0) is 11.8. The van der Waals surface area contributed by atoms with Gasteiger partial charge < -0.3 is 10.2 Å². The van der Waals surface area contributed by atoms with E-state index < -0.39 is 0 Å². The van der Waals surface area contributed by atoms with E-state index in [1.165, 1.54) is 25.3 Å². The van der Waals surface area contributed by atoms with Gasteiger partial charge in [0, 0.05) is 25.7 Å². The molecule has 3 unspecified atom stereocenters. The zero-order valence-electron chi connectivity index (χ0n) is 10.2. The molecular weight excluding hydrogens is 215 g/mol. The fourth-order valence-corrected chi connectivity index (χ4v) is 3.35. The minimum absolute atomic E-state index is 0.119. The lowest BCUT2D eigenvalue weighted by atomic mass is 9.89. The number of hydrogen-bond acceptors (Lipinski definition) is 2. The number of rotatable bonds is 3. The van der Waals surface area contributed by atoms with Gasteiger partial charge in [-0.15, -0.1) is 0 Å². The number of para-hydroxylation sites is 1. The Bertz CT molecular complexity index is 407. The van der Waals surface area contributed by atoms with Crippen molar-refractivity contribution in [3.63, 3.8) is 0 Å². The molecule has 3 heteroatoms. The van der Waals surface area contributed by atoms with E-state index in [2.05, 4.69) is 10.2 Å². The van der Waals surface area contributed by atoms with Gasteiger partial charge in [0.15, 0.2) is 0 Å². The molecule has 2 bridgehead atoms. The number of hydrogen-bond donors (Lipinski definition) is 1. The van der Waals surface area contributed by atoms with Crippen LogP contribution in [0.25, 0.3) is 0 Å². The van der Waals surface area contributed by atoms with Crippen molar-refractivity contribution in [1.29, 1.82) is 0 Å². The minimum Gasteiger partial charge on any atom is -0.372 e.